The van der Waals surface area contributed by atoms with E-state index in [1.165, 1.54) is 25.5 Å². The zero-order valence-electron chi connectivity index (χ0n) is 16.1. The van der Waals surface area contributed by atoms with Crippen LogP contribution >= 0.6 is 0 Å². The molecule has 0 aliphatic heterocycles. The van der Waals surface area contributed by atoms with Gasteiger partial charge in [-0.2, -0.15) is 35.4 Å². The van der Waals surface area contributed by atoms with Gasteiger partial charge in [0, 0.05) is 0 Å². The summed E-state index contributed by atoms with van der Waals surface area (Å²) in [7, 11) is 0. The molecular formula is C25H24Cl2Hf-2. The second kappa shape index (κ2) is 15.4. The topological polar surface area (TPSA) is 0 Å². The van der Waals surface area contributed by atoms with Crippen LogP contribution in [0.2, 0.25) is 0 Å². The fourth-order valence-electron chi connectivity index (χ4n) is 2.32. The van der Waals surface area contributed by atoms with Crippen molar-refractivity contribution in [2.24, 2.45) is 0 Å². The average Bonchev–Trinajstić information content (AvgIpc) is 3.37. The van der Waals surface area contributed by atoms with Gasteiger partial charge in [0.25, 0.3) is 0 Å². The second-order valence-electron chi connectivity index (χ2n) is 6.03. The predicted molar refractivity (Wildman–Crippen MR) is 110 cm³/mol. The van der Waals surface area contributed by atoms with Crippen molar-refractivity contribution in [2.75, 3.05) is 0 Å². The van der Waals surface area contributed by atoms with Gasteiger partial charge in [-0.15, -0.1) is 0 Å². The van der Waals surface area contributed by atoms with Crippen LogP contribution in [-0.4, -0.2) is 3.26 Å². The van der Waals surface area contributed by atoms with E-state index in [9.17, 15) is 0 Å². The summed E-state index contributed by atoms with van der Waals surface area (Å²) in [4.78, 5) is 0. The summed E-state index contributed by atoms with van der Waals surface area (Å²) < 4.78 is 1.46. The Bertz CT molecular complexity index is 776. The van der Waals surface area contributed by atoms with Crippen LogP contribution in [0.3, 0.4) is 0 Å². The first-order chi connectivity index (χ1) is 12.7. The molecule has 0 aliphatic carbocycles. The van der Waals surface area contributed by atoms with E-state index in [0.717, 1.165) is 23.9 Å². The van der Waals surface area contributed by atoms with Crippen LogP contribution in [0.1, 0.15) is 22.3 Å². The Kier molecular flexibility index (Phi) is 14.5. The van der Waals surface area contributed by atoms with Crippen LogP contribution in [0.4, 0.5) is 0 Å². The molecule has 4 aromatic carbocycles. The van der Waals surface area contributed by atoms with E-state index in [4.69, 9.17) is 0 Å². The summed E-state index contributed by atoms with van der Waals surface area (Å²) >= 11 is 1.08. The maximum absolute atomic E-state index is 2.18. The molecule has 0 unspecified atom stereocenters. The van der Waals surface area contributed by atoms with Gasteiger partial charge < -0.3 is 24.8 Å². The first-order valence-electron chi connectivity index (χ1n) is 8.73. The average molecular weight is 574 g/mol. The van der Waals surface area contributed by atoms with E-state index in [0.29, 0.717) is 0 Å². The van der Waals surface area contributed by atoms with Gasteiger partial charge in [0.2, 0.25) is 0 Å². The monoisotopic (exact) mass is 574 g/mol. The summed E-state index contributed by atoms with van der Waals surface area (Å²) in [6.07, 6.45) is 0. The third-order valence-corrected chi connectivity index (χ3v) is 5.86. The van der Waals surface area contributed by atoms with Crippen LogP contribution < -0.4 is 24.8 Å². The molecule has 0 bridgehead atoms. The summed E-state index contributed by atoms with van der Waals surface area (Å²) in [5, 5.41) is 0. The van der Waals surface area contributed by atoms with E-state index in [1.54, 1.807) is 0 Å². The molecule has 0 radical (unpaired) electrons. The van der Waals surface area contributed by atoms with E-state index in [-0.39, 0.29) is 24.8 Å². The molecule has 0 fully saturated rings. The number of halogens is 2. The van der Waals surface area contributed by atoms with E-state index >= 15 is 0 Å². The molecule has 0 spiro atoms. The summed E-state index contributed by atoms with van der Waals surface area (Å²) in [5.74, 6) is 0. The predicted octanol–water partition coefficient (Wildman–Crippen LogP) is 0.238. The van der Waals surface area contributed by atoms with Crippen molar-refractivity contribution in [1.29, 1.82) is 0 Å². The van der Waals surface area contributed by atoms with Gasteiger partial charge in [0.05, 0.1) is 0 Å². The Morgan fingerprint density at radius 3 is 1.04 bits per heavy atom. The van der Waals surface area contributed by atoms with Crippen molar-refractivity contribution >= 4 is 3.26 Å². The van der Waals surface area contributed by atoms with Crippen molar-refractivity contribution in [3.8, 4) is 0 Å². The molecule has 3 heteroatoms. The zero-order valence-corrected chi connectivity index (χ0v) is 21.3. The molecule has 0 amide bonds. The SMILES string of the molecule is C[c-]1cccc1.C[c-]1cccc1.[Cl-].[Cl-].[Hf+2]=[C](c1ccccc1)c1ccccc1. The van der Waals surface area contributed by atoms with E-state index in [1.807, 2.05) is 24.3 Å². The number of benzene rings is 2. The van der Waals surface area contributed by atoms with Crippen LogP contribution in [0, 0.1) is 13.8 Å². The normalized spacial score (nSPS) is 8.71. The molecule has 0 saturated carbocycles. The molecule has 0 aromatic heterocycles. The molecule has 0 saturated heterocycles. The molecular weight excluding hydrogens is 550 g/mol. The van der Waals surface area contributed by atoms with Crippen molar-refractivity contribution < 1.29 is 48.7 Å². The Labute approximate surface area is 196 Å². The Morgan fingerprint density at radius 2 is 0.821 bits per heavy atom. The quantitative estimate of drug-likeness (QED) is 0.238. The number of rotatable bonds is 2. The Balaban J connectivity index is 0.000000437. The molecule has 0 aliphatic rings. The van der Waals surface area contributed by atoms with Gasteiger partial charge in [-0.3, -0.25) is 0 Å². The van der Waals surface area contributed by atoms with Crippen molar-refractivity contribution in [1.82, 2.24) is 0 Å². The molecule has 0 nitrogen and oxygen atoms in total. The number of hydrogen-bond donors (Lipinski definition) is 0. The van der Waals surface area contributed by atoms with Gasteiger partial charge >= 0.3 is 98.9 Å². The van der Waals surface area contributed by atoms with Gasteiger partial charge in [0.1, 0.15) is 0 Å². The third-order valence-electron chi connectivity index (χ3n) is 3.78. The minimum atomic E-state index is 0. The molecule has 4 rings (SSSR count). The first-order valence-corrected chi connectivity index (χ1v) is 10.5. The molecule has 0 heterocycles. The van der Waals surface area contributed by atoms with Gasteiger partial charge in [-0.25, -0.2) is 24.3 Å². The molecule has 0 N–H and O–H groups in total. The minimum absolute atomic E-state index is 0. The summed E-state index contributed by atoms with van der Waals surface area (Å²) in [5.41, 5.74) is 5.39. The van der Waals surface area contributed by atoms with Crippen molar-refractivity contribution in [3.63, 3.8) is 0 Å². The van der Waals surface area contributed by atoms with Crippen molar-refractivity contribution in [2.45, 2.75) is 13.8 Å². The fourth-order valence-corrected chi connectivity index (χ4v) is 3.51. The number of hydrogen-bond acceptors (Lipinski definition) is 0. The third kappa shape index (κ3) is 10.1. The standard InChI is InChI=1S/C13H10.2C6H7.2ClH.Hf/c1-3-7-12(8-4-1)11-13-9-5-2-6-10-13;2*1-6-4-2-3-5-6;;;/h1-10H;2*2-5H,1H3;2*1H;/q;2*-1;;;+2/p-2. The molecule has 4 aromatic rings. The molecule has 0 atom stereocenters. The second-order valence-corrected chi connectivity index (χ2v) is 7.83. The van der Waals surface area contributed by atoms with Gasteiger partial charge in [-0.05, 0) is 0 Å². The first kappa shape index (κ1) is 26.5. The summed E-state index contributed by atoms with van der Waals surface area (Å²) in [6, 6.07) is 37.7. The Morgan fingerprint density at radius 1 is 0.536 bits per heavy atom. The molecule has 28 heavy (non-hydrogen) atoms. The fraction of sp³-hybridized carbons (Fsp3) is 0.0800. The van der Waals surface area contributed by atoms with Crippen LogP contribution in [0.25, 0.3) is 0 Å². The van der Waals surface area contributed by atoms with Crippen LogP contribution in [0.15, 0.2) is 109 Å². The Hall–Kier alpha value is -1.54. The van der Waals surface area contributed by atoms with Crippen molar-refractivity contribution in [3.05, 3.63) is 131 Å². The van der Waals surface area contributed by atoms with E-state index in [2.05, 4.69) is 98.8 Å². The summed E-state index contributed by atoms with van der Waals surface area (Å²) in [6.45, 7) is 4.17. The van der Waals surface area contributed by atoms with Gasteiger partial charge in [0.15, 0.2) is 0 Å². The number of aryl methyl sites for hydroxylation is 2. The van der Waals surface area contributed by atoms with Gasteiger partial charge in [-0.1, -0.05) is 13.8 Å². The molecule has 144 valence electrons. The van der Waals surface area contributed by atoms with Crippen LogP contribution in [-0.2, 0) is 23.9 Å². The maximum atomic E-state index is 2.18. The zero-order chi connectivity index (χ0) is 18.6. The van der Waals surface area contributed by atoms with E-state index < -0.39 is 0 Å². The van der Waals surface area contributed by atoms with Crippen LogP contribution in [0.5, 0.6) is 0 Å².